The van der Waals surface area contributed by atoms with Crippen molar-refractivity contribution in [1.82, 2.24) is 0 Å². The zero-order chi connectivity index (χ0) is 9.90. The number of rotatable bonds is 3. The molecule has 72 valence electrons. The van der Waals surface area contributed by atoms with E-state index >= 15 is 0 Å². The third-order valence-corrected chi connectivity index (χ3v) is 2.46. The minimum Gasteiger partial charge on any atom is -0.399 e. The number of nitrogens with two attached hydrogens (primary N) is 1. The Kier molecular flexibility index (Phi) is 2.93. The first-order valence-corrected chi connectivity index (χ1v) is 5.13. The van der Waals surface area contributed by atoms with Crippen molar-refractivity contribution in [3.05, 3.63) is 24.3 Å². The Morgan fingerprint density at radius 1 is 1.46 bits per heavy atom. The first-order chi connectivity index (χ1) is 6.03. The molecule has 0 aromatic heterocycles. The summed E-state index contributed by atoms with van der Waals surface area (Å²) in [4.78, 5) is 9.04. The van der Waals surface area contributed by atoms with Crippen LogP contribution in [0.25, 0.3) is 0 Å². The lowest BCUT2D eigenvalue weighted by molar-refractivity contribution is 0.322. The SMILES string of the molecule is COP(=O)(O)Nc1ccc(N)cc1. The van der Waals surface area contributed by atoms with E-state index in [1.165, 1.54) is 0 Å². The van der Waals surface area contributed by atoms with Crippen molar-refractivity contribution in [1.29, 1.82) is 0 Å². The first kappa shape index (κ1) is 10.1. The molecule has 1 aromatic rings. The summed E-state index contributed by atoms with van der Waals surface area (Å²) in [7, 11) is -2.54. The van der Waals surface area contributed by atoms with Crippen molar-refractivity contribution in [2.24, 2.45) is 0 Å². The highest BCUT2D eigenvalue weighted by molar-refractivity contribution is 7.54. The Morgan fingerprint density at radius 2 is 2.00 bits per heavy atom. The van der Waals surface area contributed by atoms with Gasteiger partial charge in [0.15, 0.2) is 0 Å². The molecule has 1 rings (SSSR count). The van der Waals surface area contributed by atoms with Crippen molar-refractivity contribution >= 4 is 19.1 Å². The number of hydrogen-bond acceptors (Lipinski definition) is 3. The van der Waals surface area contributed by atoms with Gasteiger partial charge in [0.05, 0.1) is 0 Å². The number of anilines is 2. The molecule has 0 saturated carbocycles. The maximum Gasteiger partial charge on any atom is 0.429 e. The lowest BCUT2D eigenvalue weighted by atomic mass is 10.3. The number of benzene rings is 1. The second-order valence-corrected chi connectivity index (χ2v) is 4.07. The molecule has 13 heavy (non-hydrogen) atoms. The first-order valence-electron chi connectivity index (χ1n) is 3.56. The lowest BCUT2D eigenvalue weighted by Gasteiger charge is -2.11. The quantitative estimate of drug-likeness (QED) is 0.510. The van der Waals surface area contributed by atoms with Gasteiger partial charge in [-0.3, -0.25) is 9.61 Å². The monoisotopic (exact) mass is 202 g/mol. The van der Waals surface area contributed by atoms with E-state index < -0.39 is 7.75 Å². The van der Waals surface area contributed by atoms with Crippen LogP contribution in [0.15, 0.2) is 24.3 Å². The fourth-order valence-electron chi connectivity index (χ4n) is 0.766. The number of nitrogen functional groups attached to an aromatic ring is 1. The molecule has 6 heteroatoms. The van der Waals surface area contributed by atoms with E-state index in [0.29, 0.717) is 11.4 Å². The van der Waals surface area contributed by atoms with Crippen molar-refractivity contribution in [3.63, 3.8) is 0 Å². The van der Waals surface area contributed by atoms with Crippen molar-refractivity contribution in [2.45, 2.75) is 0 Å². The van der Waals surface area contributed by atoms with Gasteiger partial charge in [0, 0.05) is 18.5 Å². The van der Waals surface area contributed by atoms with E-state index in [0.717, 1.165) is 7.11 Å². The fourth-order valence-corrected chi connectivity index (χ4v) is 1.33. The normalized spacial score (nSPS) is 14.9. The molecule has 5 nitrogen and oxygen atoms in total. The maximum absolute atomic E-state index is 11.0. The Morgan fingerprint density at radius 3 is 2.46 bits per heavy atom. The standard InChI is InChI=1S/C7H11N2O3P/c1-12-13(10,11)9-7-4-2-6(8)3-5-7/h2-5H,8H2,1H3,(H2,9,10,11). The molecule has 0 spiro atoms. The van der Waals surface area contributed by atoms with Crippen LogP contribution in [0.4, 0.5) is 11.4 Å². The summed E-state index contributed by atoms with van der Waals surface area (Å²) in [6.07, 6.45) is 0. The van der Waals surface area contributed by atoms with Crippen LogP contribution in [-0.2, 0) is 9.09 Å². The van der Waals surface area contributed by atoms with Crippen LogP contribution in [0.1, 0.15) is 0 Å². The number of nitrogens with one attached hydrogen (secondary N) is 1. The molecule has 4 N–H and O–H groups in total. The summed E-state index contributed by atoms with van der Waals surface area (Å²) in [5.41, 5.74) is 6.51. The molecule has 0 radical (unpaired) electrons. The Balaban J connectivity index is 2.75. The summed E-state index contributed by atoms with van der Waals surface area (Å²) < 4.78 is 15.4. The van der Waals surface area contributed by atoms with Crippen LogP contribution < -0.4 is 10.8 Å². The van der Waals surface area contributed by atoms with Crippen molar-refractivity contribution in [2.75, 3.05) is 17.9 Å². The molecule has 1 atom stereocenters. The number of hydrogen-bond donors (Lipinski definition) is 3. The van der Waals surface area contributed by atoms with Gasteiger partial charge < -0.3 is 10.6 Å². The highest BCUT2D eigenvalue weighted by Gasteiger charge is 2.15. The Labute approximate surface area is 76.1 Å². The van der Waals surface area contributed by atoms with Gasteiger partial charge in [-0.1, -0.05) is 0 Å². The van der Waals surface area contributed by atoms with Gasteiger partial charge in [0.25, 0.3) is 0 Å². The van der Waals surface area contributed by atoms with Crippen LogP contribution in [0.2, 0.25) is 0 Å². The molecular formula is C7H11N2O3P. The van der Waals surface area contributed by atoms with Gasteiger partial charge in [0.2, 0.25) is 0 Å². The highest BCUT2D eigenvalue weighted by atomic mass is 31.2. The molecule has 0 aliphatic rings. The summed E-state index contributed by atoms with van der Waals surface area (Å²) in [5, 5.41) is 2.33. The minimum atomic E-state index is -3.70. The fraction of sp³-hybridized carbons (Fsp3) is 0.143. The zero-order valence-electron chi connectivity index (χ0n) is 7.10. The predicted octanol–water partition coefficient (Wildman–Crippen LogP) is 1.43. The third kappa shape index (κ3) is 3.06. The molecular weight excluding hydrogens is 191 g/mol. The Hall–Kier alpha value is -1.03. The van der Waals surface area contributed by atoms with Gasteiger partial charge in [-0.2, -0.15) is 0 Å². The van der Waals surface area contributed by atoms with Gasteiger partial charge in [-0.25, -0.2) is 4.57 Å². The van der Waals surface area contributed by atoms with E-state index in [-0.39, 0.29) is 0 Å². The second-order valence-electron chi connectivity index (χ2n) is 2.44. The van der Waals surface area contributed by atoms with Crippen LogP contribution in [0.5, 0.6) is 0 Å². The van der Waals surface area contributed by atoms with Gasteiger partial charge in [0.1, 0.15) is 0 Å². The molecule has 1 aromatic carbocycles. The smallest absolute Gasteiger partial charge is 0.399 e. The van der Waals surface area contributed by atoms with Crippen LogP contribution >= 0.6 is 7.75 Å². The predicted molar refractivity (Wildman–Crippen MR) is 51.3 cm³/mol. The van der Waals surface area contributed by atoms with Gasteiger partial charge in [-0.05, 0) is 24.3 Å². The van der Waals surface area contributed by atoms with Gasteiger partial charge >= 0.3 is 7.75 Å². The summed E-state index contributed by atoms with van der Waals surface area (Å²) >= 11 is 0. The molecule has 0 fully saturated rings. The summed E-state index contributed by atoms with van der Waals surface area (Å²) in [5.74, 6) is 0. The van der Waals surface area contributed by atoms with E-state index in [9.17, 15) is 4.57 Å². The van der Waals surface area contributed by atoms with Crippen molar-refractivity contribution in [3.8, 4) is 0 Å². The summed E-state index contributed by atoms with van der Waals surface area (Å²) in [6, 6.07) is 6.43. The van der Waals surface area contributed by atoms with E-state index in [1.807, 2.05) is 0 Å². The van der Waals surface area contributed by atoms with Crippen LogP contribution in [0, 0.1) is 0 Å². The Bertz CT molecular complexity index is 325. The molecule has 0 aliphatic carbocycles. The van der Waals surface area contributed by atoms with E-state index in [1.54, 1.807) is 24.3 Å². The maximum atomic E-state index is 11.0. The second kappa shape index (κ2) is 3.79. The van der Waals surface area contributed by atoms with Crippen molar-refractivity contribution < 1.29 is 14.0 Å². The largest absolute Gasteiger partial charge is 0.429 e. The highest BCUT2D eigenvalue weighted by Crippen LogP contribution is 2.40. The molecule has 0 heterocycles. The lowest BCUT2D eigenvalue weighted by Crippen LogP contribution is -1.97. The molecule has 0 amide bonds. The zero-order valence-corrected chi connectivity index (χ0v) is 7.99. The van der Waals surface area contributed by atoms with Gasteiger partial charge in [-0.15, -0.1) is 0 Å². The van der Waals surface area contributed by atoms with Crippen LogP contribution in [-0.4, -0.2) is 12.0 Å². The third-order valence-electron chi connectivity index (χ3n) is 1.43. The molecule has 0 saturated heterocycles. The molecule has 0 aliphatic heterocycles. The van der Waals surface area contributed by atoms with Crippen LogP contribution in [0.3, 0.4) is 0 Å². The average molecular weight is 202 g/mol. The van der Waals surface area contributed by atoms with E-state index in [2.05, 4.69) is 9.61 Å². The minimum absolute atomic E-state index is 0.488. The van der Waals surface area contributed by atoms with E-state index in [4.69, 9.17) is 10.6 Å². The average Bonchev–Trinajstić information content (AvgIpc) is 2.09. The topological polar surface area (TPSA) is 84.6 Å². The molecule has 0 bridgehead atoms. The summed E-state index contributed by atoms with van der Waals surface area (Å²) in [6.45, 7) is 0. The molecule has 1 unspecified atom stereocenters.